The fourth-order valence-corrected chi connectivity index (χ4v) is 2.69. The summed E-state index contributed by atoms with van der Waals surface area (Å²) >= 11 is 0. The highest BCUT2D eigenvalue weighted by molar-refractivity contribution is 7.90. The second-order valence-electron chi connectivity index (χ2n) is 4.97. The van der Waals surface area contributed by atoms with E-state index >= 15 is 0 Å². The molecule has 0 spiro atoms. The van der Waals surface area contributed by atoms with Crippen LogP contribution < -0.4 is 5.48 Å². The standard InChI is InChI=1S/C10H17N3O6S/c1-20(17,18)5-4-19-11-9(14)8-3-2-7-6-12(8)10(15)13(7)16/h7-8,16H,2-6H2,1H3,(H,11,14)/t7-,8+/m1/s1. The van der Waals surface area contributed by atoms with Crippen molar-refractivity contribution in [3.8, 4) is 0 Å². The predicted molar refractivity (Wildman–Crippen MR) is 66.3 cm³/mol. The number of hydrogen-bond acceptors (Lipinski definition) is 6. The minimum Gasteiger partial charge on any atom is -0.309 e. The van der Waals surface area contributed by atoms with Crippen LogP contribution in [0.15, 0.2) is 0 Å². The number of piperidine rings is 1. The smallest absolute Gasteiger partial charge is 0.309 e. The Kier molecular flexibility index (Phi) is 4.16. The number of sulfone groups is 1. The Morgan fingerprint density at radius 3 is 2.85 bits per heavy atom. The van der Waals surface area contributed by atoms with Crippen molar-refractivity contribution in [2.24, 2.45) is 0 Å². The molecule has 2 rings (SSSR count). The molecule has 2 bridgehead atoms. The van der Waals surface area contributed by atoms with Gasteiger partial charge in [0.15, 0.2) is 0 Å². The first-order valence-electron chi connectivity index (χ1n) is 6.17. The minimum absolute atomic E-state index is 0.153. The number of hydrogen-bond donors (Lipinski definition) is 2. The summed E-state index contributed by atoms with van der Waals surface area (Å²) in [4.78, 5) is 29.6. The summed E-state index contributed by atoms with van der Waals surface area (Å²) in [5.41, 5.74) is 2.15. The van der Waals surface area contributed by atoms with E-state index in [-0.39, 0.29) is 18.4 Å². The number of carbonyl (C=O) groups is 2. The van der Waals surface area contributed by atoms with Crippen LogP contribution in [0.4, 0.5) is 4.79 Å². The summed E-state index contributed by atoms with van der Waals surface area (Å²) in [7, 11) is -3.15. The Labute approximate surface area is 116 Å². The molecule has 0 aromatic carbocycles. The van der Waals surface area contributed by atoms with Crippen LogP contribution in [0.2, 0.25) is 0 Å². The topological polar surface area (TPSA) is 116 Å². The summed E-state index contributed by atoms with van der Waals surface area (Å²) < 4.78 is 21.8. The van der Waals surface area contributed by atoms with E-state index in [4.69, 9.17) is 4.84 Å². The molecule has 3 amide bonds. The molecule has 9 nitrogen and oxygen atoms in total. The maximum atomic E-state index is 11.9. The van der Waals surface area contributed by atoms with Gasteiger partial charge in [-0.25, -0.2) is 23.8 Å². The maximum absolute atomic E-state index is 11.9. The molecule has 2 atom stereocenters. The minimum atomic E-state index is -3.15. The Balaban J connectivity index is 1.83. The molecule has 114 valence electrons. The lowest BCUT2D eigenvalue weighted by Crippen LogP contribution is -2.49. The molecule has 0 aromatic rings. The van der Waals surface area contributed by atoms with E-state index in [1.54, 1.807) is 0 Å². The average molecular weight is 307 g/mol. The summed E-state index contributed by atoms with van der Waals surface area (Å²) in [5, 5.41) is 10.1. The lowest BCUT2D eigenvalue weighted by molar-refractivity contribution is -0.138. The molecule has 0 radical (unpaired) electrons. The number of nitrogens with zero attached hydrogens (tertiary/aromatic N) is 2. The summed E-state index contributed by atoms with van der Waals surface area (Å²) in [6.07, 6.45) is 2.02. The van der Waals surface area contributed by atoms with Crippen molar-refractivity contribution in [3.63, 3.8) is 0 Å². The second kappa shape index (κ2) is 5.54. The van der Waals surface area contributed by atoms with Crippen molar-refractivity contribution in [2.45, 2.75) is 24.9 Å². The van der Waals surface area contributed by atoms with Crippen molar-refractivity contribution in [1.29, 1.82) is 0 Å². The Morgan fingerprint density at radius 1 is 1.50 bits per heavy atom. The molecule has 0 aliphatic carbocycles. The van der Waals surface area contributed by atoms with E-state index < -0.39 is 27.8 Å². The Bertz CT molecular complexity index is 507. The van der Waals surface area contributed by atoms with Gasteiger partial charge >= 0.3 is 6.03 Å². The molecule has 0 aromatic heterocycles. The van der Waals surface area contributed by atoms with Crippen molar-refractivity contribution in [1.82, 2.24) is 15.4 Å². The van der Waals surface area contributed by atoms with Crippen molar-refractivity contribution in [3.05, 3.63) is 0 Å². The van der Waals surface area contributed by atoms with Crippen LogP contribution in [0.5, 0.6) is 0 Å². The van der Waals surface area contributed by atoms with Crippen LogP contribution in [0.1, 0.15) is 12.8 Å². The summed E-state index contributed by atoms with van der Waals surface area (Å²) in [5.74, 6) is -0.715. The van der Waals surface area contributed by atoms with Crippen LogP contribution >= 0.6 is 0 Å². The highest BCUT2D eigenvalue weighted by Crippen LogP contribution is 2.28. The van der Waals surface area contributed by atoms with Crippen molar-refractivity contribution in [2.75, 3.05) is 25.2 Å². The Morgan fingerprint density at radius 2 is 2.20 bits per heavy atom. The average Bonchev–Trinajstić information content (AvgIpc) is 2.59. The maximum Gasteiger partial charge on any atom is 0.344 e. The third kappa shape index (κ3) is 3.19. The molecule has 2 saturated heterocycles. The summed E-state index contributed by atoms with van der Waals surface area (Å²) in [6, 6.07) is -1.56. The van der Waals surface area contributed by atoms with Gasteiger partial charge in [0.2, 0.25) is 0 Å². The van der Waals surface area contributed by atoms with Gasteiger partial charge in [0.1, 0.15) is 15.9 Å². The van der Waals surface area contributed by atoms with Crippen LogP contribution in [-0.4, -0.2) is 72.8 Å². The number of hydroxylamine groups is 3. The van der Waals surface area contributed by atoms with Crippen LogP contribution in [0, 0.1) is 0 Å². The number of urea groups is 1. The quantitative estimate of drug-likeness (QED) is 0.372. The molecule has 2 aliphatic rings. The highest BCUT2D eigenvalue weighted by atomic mass is 32.2. The van der Waals surface area contributed by atoms with Crippen molar-refractivity contribution >= 4 is 21.8 Å². The number of fused-ring (bicyclic) bond motifs is 2. The zero-order valence-electron chi connectivity index (χ0n) is 11.0. The third-order valence-corrected chi connectivity index (χ3v) is 4.28. The van der Waals surface area contributed by atoms with Gasteiger partial charge in [0, 0.05) is 12.8 Å². The lowest BCUT2D eigenvalue weighted by Gasteiger charge is -2.28. The molecular formula is C10H17N3O6S. The monoisotopic (exact) mass is 307 g/mol. The number of amides is 3. The number of nitrogens with one attached hydrogen (secondary N) is 1. The highest BCUT2D eigenvalue weighted by Gasteiger charge is 2.46. The molecule has 2 heterocycles. The molecule has 10 heteroatoms. The fourth-order valence-electron chi connectivity index (χ4n) is 2.31. The molecule has 20 heavy (non-hydrogen) atoms. The van der Waals surface area contributed by atoms with Gasteiger partial charge in [0.05, 0.1) is 18.4 Å². The van der Waals surface area contributed by atoms with E-state index in [1.165, 1.54) is 4.90 Å². The van der Waals surface area contributed by atoms with E-state index in [0.717, 1.165) is 6.26 Å². The van der Waals surface area contributed by atoms with Crippen LogP contribution in [0.3, 0.4) is 0 Å². The van der Waals surface area contributed by atoms with Gasteiger partial charge in [-0.15, -0.1) is 0 Å². The lowest BCUT2D eigenvalue weighted by atomic mass is 10.0. The van der Waals surface area contributed by atoms with E-state index in [2.05, 4.69) is 5.48 Å². The summed E-state index contributed by atoms with van der Waals surface area (Å²) in [6.45, 7) is 0.150. The van der Waals surface area contributed by atoms with Crippen LogP contribution in [0.25, 0.3) is 0 Å². The largest absolute Gasteiger partial charge is 0.344 e. The van der Waals surface area contributed by atoms with Crippen LogP contribution in [-0.2, 0) is 19.5 Å². The third-order valence-electron chi connectivity index (χ3n) is 3.38. The number of rotatable bonds is 5. The second-order valence-corrected chi connectivity index (χ2v) is 7.23. The van der Waals surface area contributed by atoms with Gasteiger partial charge < -0.3 is 4.90 Å². The van der Waals surface area contributed by atoms with E-state index in [9.17, 15) is 23.2 Å². The first-order valence-corrected chi connectivity index (χ1v) is 8.24. The van der Waals surface area contributed by atoms with Gasteiger partial charge in [0.25, 0.3) is 5.91 Å². The molecule has 2 aliphatic heterocycles. The van der Waals surface area contributed by atoms with E-state index in [0.29, 0.717) is 24.4 Å². The van der Waals surface area contributed by atoms with Crippen molar-refractivity contribution < 1.29 is 28.1 Å². The zero-order chi connectivity index (χ0) is 14.9. The zero-order valence-corrected chi connectivity index (χ0v) is 11.8. The first kappa shape index (κ1) is 15.0. The molecule has 2 fully saturated rings. The SMILES string of the molecule is CS(=O)(=O)CCONC(=O)[C@@H]1CC[C@@H]2CN1C(=O)N2O. The number of carbonyl (C=O) groups excluding carboxylic acids is 2. The predicted octanol–water partition coefficient (Wildman–Crippen LogP) is -1.26. The molecular weight excluding hydrogens is 290 g/mol. The molecule has 0 unspecified atom stereocenters. The normalized spacial score (nSPS) is 26.0. The molecule has 2 N–H and O–H groups in total. The van der Waals surface area contributed by atoms with Gasteiger partial charge in [-0.3, -0.25) is 14.8 Å². The van der Waals surface area contributed by atoms with Gasteiger partial charge in [-0.1, -0.05) is 0 Å². The molecule has 0 saturated carbocycles. The van der Waals surface area contributed by atoms with E-state index in [1.807, 2.05) is 0 Å². The fraction of sp³-hybridized carbons (Fsp3) is 0.800. The Hall–Kier alpha value is -1.39. The van der Waals surface area contributed by atoms with Gasteiger partial charge in [-0.2, -0.15) is 0 Å². The van der Waals surface area contributed by atoms with Gasteiger partial charge in [-0.05, 0) is 12.8 Å². The first-order chi connectivity index (χ1) is 9.29.